The van der Waals surface area contributed by atoms with Crippen LogP contribution in [0.1, 0.15) is 29.8 Å². The molecule has 0 bridgehead atoms. The van der Waals surface area contributed by atoms with E-state index in [1.54, 1.807) is 42.5 Å². The van der Waals surface area contributed by atoms with E-state index in [0.29, 0.717) is 35.1 Å². The molecule has 2 rings (SSSR count). The van der Waals surface area contributed by atoms with Crippen LogP contribution < -0.4 is 10.1 Å². The molecule has 0 aliphatic heterocycles. The maximum absolute atomic E-state index is 12.3. The van der Waals surface area contributed by atoms with Gasteiger partial charge in [-0.15, -0.1) is 0 Å². The van der Waals surface area contributed by atoms with Gasteiger partial charge in [0.05, 0.1) is 18.2 Å². The minimum Gasteiger partial charge on any atom is -0.493 e. The summed E-state index contributed by atoms with van der Waals surface area (Å²) < 4.78 is 5.62. The van der Waals surface area contributed by atoms with E-state index in [1.165, 1.54) is 0 Å². The normalized spacial score (nSPS) is 10.1. The quantitative estimate of drug-likeness (QED) is 0.911. The number of amides is 1. The van der Waals surface area contributed by atoms with Gasteiger partial charge in [0.2, 0.25) is 0 Å². The van der Waals surface area contributed by atoms with Crippen LogP contribution in [0.3, 0.4) is 0 Å². The molecule has 0 aliphatic rings. The Balaban J connectivity index is 2.09. The highest BCUT2D eigenvalue weighted by Crippen LogP contribution is 2.16. The SMILES string of the molecule is CC(C)COc1cccc(C(=O)Nc2cccc(C#N)c2)c1. The lowest BCUT2D eigenvalue weighted by molar-refractivity contribution is 0.102. The van der Waals surface area contributed by atoms with E-state index in [0.717, 1.165) is 0 Å². The van der Waals surface area contributed by atoms with Gasteiger partial charge >= 0.3 is 0 Å². The first-order valence-electron chi connectivity index (χ1n) is 7.13. The lowest BCUT2D eigenvalue weighted by Gasteiger charge is -2.10. The average molecular weight is 294 g/mol. The third-order valence-electron chi connectivity index (χ3n) is 2.93. The molecule has 0 saturated carbocycles. The van der Waals surface area contributed by atoms with Crippen molar-refractivity contribution in [1.82, 2.24) is 0 Å². The monoisotopic (exact) mass is 294 g/mol. The van der Waals surface area contributed by atoms with Crippen molar-refractivity contribution in [3.63, 3.8) is 0 Å². The third kappa shape index (κ3) is 4.35. The van der Waals surface area contributed by atoms with Crippen molar-refractivity contribution in [2.75, 3.05) is 11.9 Å². The molecule has 0 fully saturated rings. The second-order valence-electron chi connectivity index (χ2n) is 5.38. The Morgan fingerprint density at radius 3 is 2.73 bits per heavy atom. The number of rotatable bonds is 5. The predicted octanol–water partition coefficient (Wildman–Crippen LogP) is 3.85. The summed E-state index contributed by atoms with van der Waals surface area (Å²) >= 11 is 0. The highest BCUT2D eigenvalue weighted by Gasteiger charge is 2.08. The van der Waals surface area contributed by atoms with E-state index in [-0.39, 0.29) is 5.91 Å². The molecule has 4 nitrogen and oxygen atoms in total. The van der Waals surface area contributed by atoms with Crippen LogP contribution in [0.2, 0.25) is 0 Å². The first-order chi connectivity index (χ1) is 10.6. The van der Waals surface area contributed by atoms with E-state index >= 15 is 0 Å². The summed E-state index contributed by atoms with van der Waals surface area (Å²) in [5.74, 6) is 0.864. The number of benzene rings is 2. The summed E-state index contributed by atoms with van der Waals surface area (Å²) in [4.78, 5) is 12.3. The molecule has 1 N–H and O–H groups in total. The summed E-state index contributed by atoms with van der Waals surface area (Å²) in [5, 5.41) is 11.7. The van der Waals surface area contributed by atoms with Crippen LogP contribution in [0.25, 0.3) is 0 Å². The van der Waals surface area contributed by atoms with Crippen molar-refractivity contribution in [2.24, 2.45) is 5.92 Å². The molecule has 1 amide bonds. The fraction of sp³-hybridized carbons (Fsp3) is 0.222. The lowest BCUT2D eigenvalue weighted by atomic mass is 10.1. The van der Waals surface area contributed by atoms with Crippen molar-refractivity contribution in [3.8, 4) is 11.8 Å². The van der Waals surface area contributed by atoms with E-state index in [4.69, 9.17) is 10.00 Å². The Bertz CT molecular complexity index is 702. The lowest BCUT2D eigenvalue weighted by Crippen LogP contribution is -2.12. The zero-order valence-corrected chi connectivity index (χ0v) is 12.7. The minimum atomic E-state index is -0.231. The number of hydrogen-bond acceptors (Lipinski definition) is 3. The first kappa shape index (κ1) is 15.6. The number of nitrogens with zero attached hydrogens (tertiary/aromatic N) is 1. The molecule has 2 aromatic rings. The summed E-state index contributed by atoms with van der Waals surface area (Å²) in [5.41, 5.74) is 1.62. The Morgan fingerprint density at radius 2 is 2.00 bits per heavy atom. The highest BCUT2D eigenvalue weighted by molar-refractivity contribution is 6.04. The van der Waals surface area contributed by atoms with Gasteiger partial charge in [0.1, 0.15) is 5.75 Å². The maximum Gasteiger partial charge on any atom is 0.255 e. The molecule has 0 spiro atoms. The smallest absolute Gasteiger partial charge is 0.255 e. The molecule has 2 aromatic carbocycles. The standard InChI is InChI=1S/C18H18N2O2/c1-13(2)12-22-17-8-4-6-15(10-17)18(21)20-16-7-3-5-14(9-16)11-19/h3-10,13H,12H2,1-2H3,(H,20,21). The van der Waals surface area contributed by atoms with E-state index in [1.807, 2.05) is 12.1 Å². The Labute approximate surface area is 130 Å². The summed E-state index contributed by atoms with van der Waals surface area (Å²) in [6.07, 6.45) is 0. The number of ether oxygens (including phenoxy) is 1. The van der Waals surface area contributed by atoms with Gasteiger partial charge in [-0.3, -0.25) is 4.79 Å². The number of hydrogen-bond donors (Lipinski definition) is 1. The van der Waals surface area contributed by atoms with Crippen molar-refractivity contribution in [2.45, 2.75) is 13.8 Å². The second kappa shape index (κ2) is 7.28. The number of carbonyl (C=O) groups excluding carboxylic acids is 1. The molecule has 0 radical (unpaired) electrons. The number of anilines is 1. The summed E-state index contributed by atoms with van der Waals surface area (Å²) in [6.45, 7) is 4.74. The van der Waals surface area contributed by atoms with Gasteiger partial charge in [0.25, 0.3) is 5.91 Å². The summed E-state index contributed by atoms with van der Waals surface area (Å²) in [7, 11) is 0. The zero-order chi connectivity index (χ0) is 15.9. The fourth-order valence-corrected chi connectivity index (χ4v) is 1.86. The molecular formula is C18H18N2O2. The van der Waals surface area contributed by atoms with E-state index in [9.17, 15) is 4.79 Å². The van der Waals surface area contributed by atoms with Crippen molar-refractivity contribution >= 4 is 11.6 Å². The van der Waals surface area contributed by atoms with Gasteiger partial charge in [-0.05, 0) is 42.3 Å². The van der Waals surface area contributed by atoms with Crippen LogP contribution in [-0.2, 0) is 0 Å². The molecule has 112 valence electrons. The molecule has 0 saturated heterocycles. The zero-order valence-electron chi connectivity index (χ0n) is 12.7. The van der Waals surface area contributed by atoms with Crippen LogP contribution in [0.5, 0.6) is 5.75 Å². The minimum absolute atomic E-state index is 0.231. The average Bonchev–Trinajstić information content (AvgIpc) is 2.53. The molecule has 22 heavy (non-hydrogen) atoms. The van der Waals surface area contributed by atoms with Crippen LogP contribution >= 0.6 is 0 Å². The summed E-state index contributed by atoms with van der Waals surface area (Å²) in [6, 6.07) is 15.9. The molecule has 0 aliphatic carbocycles. The molecule has 0 atom stereocenters. The number of nitrogens with one attached hydrogen (secondary N) is 1. The van der Waals surface area contributed by atoms with Gasteiger partial charge in [0.15, 0.2) is 0 Å². The Hall–Kier alpha value is -2.80. The molecule has 0 unspecified atom stereocenters. The van der Waals surface area contributed by atoms with Gasteiger partial charge in [-0.25, -0.2) is 0 Å². The predicted molar refractivity (Wildman–Crippen MR) is 85.9 cm³/mol. The van der Waals surface area contributed by atoms with Crippen LogP contribution in [0.4, 0.5) is 5.69 Å². The molecule has 4 heteroatoms. The third-order valence-corrected chi connectivity index (χ3v) is 2.93. The second-order valence-corrected chi connectivity index (χ2v) is 5.38. The first-order valence-corrected chi connectivity index (χ1v) is 7.13. The van der Waals surface area contributed by atoms with Crippen LogP contribution in [-0.4, -0.2) is 12.5 Å². The number of carbonyl (C=O) groups is 1. The largest absolute Gasteiger partial charge is 0.493 e. The van der Waals surface area contributed by atoms with Gasteiger partial charge in [-0.1, -0.05) is 26.0 Å². The topological polar surface area (TPSA) is 62.1 Å². The van der Waals surface area contributed by atoms with Gasteiger partial charge < -0.3 is 10.1 Å². The Morgan fingerprint density at radius 1 is 1.23 bits per heavy atom. The highest BCUT2D eigenvalue weighted by atomic mass is 16.5. The van der Waals surface area contributed by atoms with Crippen molar-refractivity contribution < 1.29 is 9.53 Å². The Kier molecular flexibility index (Phi) is 5.16. The van der Waals surface area contributed by atoms with Crippen LogP contribution in [0.15, 0.2) is 48.5 Å². The molecule has 0 aromatic heterocycles. The number of nitriles is 1. The van der Waals surface area contributed by atoms with Crippen LogP contribution in [0, 0.1) is 17.2 Å². The van der Waals surface area contributed by atoms with Gasteiger partial charge in [0, 0.05) is 11.3 Å². The van der Waals surface area contributed by atoms with E-state index < -0.39 is 0 Å². The van der Waals surface area contributed by atoms with E-state index in [2.05, 4.69) is 19.2 Å². The fourth-order valence-electron chi connectivity index (χ4n) is 1.86. The molecule has 0 heterocycles. The van der Waals surface area contributed by atoms with Crippen molar-refractivity contribution in [3.05, 3.63) is 59.7 Å². The van der Waals surface area contributed by atoms with Gasteiger partial charge in [-0.2, -0.15) is 5.26 Å². The van der Waals surface area contributed by atoms with Crippen molar-refractivity contribution in [1.29, 1.82) is 5.26 Å². The maximum atomic E-state index is 12.3. The molecular weight excluding hydrogens is 276 g/mol.